The minimum Gasteiger partial charge on any atom is -0.300 e. The second-order valence-electron chi connectivity index (χ2n) is 5.80. The molecule has 102 valence electrons. The van der Waals surface area contributed by atoms with Crippen LogP contribution >= 0.6 is 0 Å². The molecule has 2 saturated heterocycles. The third-order valence-electron chi connectivity index (χ3n) is 4.49. The van der Waals surface area contributed by atoms with Crippen molar-refractivity contribution in [3.63, 3.8) is 0 Å². The molecule has 2 nitrogen and oxygen atoms in total. The monoisotopic (exact) mass is 261 g/mol. The Hall–Kier alpha value is -1.22. The van der Waals surface area contributed by atoms with Gasteiger partial charge in [0.2, 0.25) is 0 Å². The molecule has 3 heteroatoms. The van der Waals surface area contributed by atoms with Gasteiger partial charge in [-0.25, -0.2) is 4.39 Å². The number of fused-ring (bicyclic) bond motifs is 2. The quantitative estimate of drug-likeness (QED) is 0.833. The van der Waals surface area contributed by atoms with E-state index in [-0.39, 0.29) is 5.82 Å². The van der Waals surface area contributed by atoms with Gasteiger partial charge in [0.05, 0.1) is 0 Å². The zero-order valence-electron chi connectivity index (χ0n) is 11.1. The fourth-order valence-electron chi connectivity index (χ4n) is 3.58. The molecule has 2 heterocycles. The van der Waals surface area contributed by atoms with Crippen LogP contribution in [0.2, 0.25) is 0 Å². The maximum absolute atomic E-state index is 13.2. The van der Waals surface area contributed by atoms with Crippen LogP contribution in [0.3, 0.4) is 0 Å². The fourth-order valence-corrected chi connectivity index (χ4v) is 3.58. The van der Waals surface area contributed by atoms with Crippen molar-refractivity contribution in [1.29, 1.82) is 0 Å². The van der Waals surface area contributed by atoms with E-state index in [2.05, 4.69) is 4.90 Å². The maximum atomic E-state index is 13.2. The van der Waals surface area contributed by atoms with Crippen molar-refractivity contribution in [2.45, 2.75) is 50.6 Å². The van der Waals surface area contributed by atoms with Gasteiger partial charge in [0.15, 0.2) is 0 Å². The molecule has 19 heavy (non-hydrogen) atoms. The predicted octanol–water partition coefficient (Wildman–Crippen LogP) is 2.95. The molecule has 1 aromatic carbocycles. The first kappa shape index (κ1) is 12.8. The molecule has 1 aromatic rings. The lowest BCUT2D eigenvalue weighted by atomic mass is 9.83. The van der Waals surface area contributed by atoms with Gasteiger partial charge >= 0.3 is 0 Å². The molecule has 3 rings (SSSR count). The predicted molar refractivity (Wildman–Crippen MR) is 72.5 cm³/mol. The van der Waals surface area contributed by atoms with E-state index in [1.54, 1.807) is 12.1 Å². The van der Waals surface area contributed by atoms with Crippen molar-refractivity contribution in [2.24, 2.45) is 0 Å². The van der Waals surface area contributed by atoms with Gasteiger partial charge in [-0.1, -0.05) is 18.6 Å². The number of nitrogens with zero attached hydrogens (tertiary/aromatic N) is 1. The number of carbonyl (C=O) groups excluding carboxylic acids is 1. The third-order valence-corrected chi connectivity index (χ3v) is 4.49. The molecule has 2 fully saturated rings. The third kappa shape index (κ3) is 2.86. The lowest BCUT2D eigenvalue weighted by molar-refractivity contribution is -0.127. The summed E-state index contributed by atoms with van der Waals surface area (Å²) in [6.45, 7) is 0.950. The highest BCUT2D eigenvalue weighted by atomic mass is 19.1. The molecular formula is C16H20FNO. The Kier molecular flexibility index (Phi) is 3.65. The fraction of sp³-hybridized carbons (Fsp3) is 0.562. The summed E-state index contributed by atoms with van der Waals surface area (Å²) < 4.78 is 13.2. The second kappa shape index (κ2) is 5.41. The highest BCUT2D eigenvalue weighted by Gasteiger charge is 2.36. The van der Waals surface area contributed by atoms with Crippen LogP contribution in [0.4, 0.5) is 4.39 Å². The summed E-state index contributed by atoms with van der Waals surface area (Å²) in [6, 6.07) is 7.73. The molecule has 2 bridgehead atoms. The Morgan fingerprint density at radius 3 is 2.63 bits per heavy atom. The number of hydrogen-bond acceptors (Lipinski definition) is 2. The first-order chi connectivity index (χ1) is 9.22. The number of ketones is 1. The average molecular weight is 261 g/mol. The Balaban J connectivity index is 1.64. The van der Waals surface area contributed by atoms with Crippen LogP contribution in [-0.4, -0.2) is 29.3 Å². The van der Waals surface area contributed by atoms with Gasteiger partial charge < -0.3 is 0 Å². The van der Waals surface area contributed by atoms with E-state index in [0.29, 0.717) is 17.9 Å². The van der Waals surface area contributed by atoms with Crippen LogP contribution in [-0.2, 0) is 11.2 Å². The van der Waals surface area contributed by atoms with Gasteiger partial charge in [0, 0.05) is 31.5 Å². The first-order valence-corrected chi connectivity index (χ1v) is 7.24. The maximum Gasteiger partial charge on any atom is 0.136 e. The summed E-state index contributed by atoms with van der Waals surface area (Å²) in [7, 11) is 0. The number of rotatable bonds is 3. The van der Waals surface area contributed by atoms with Crippen molar-refractivity contribution < 1.29 is 9.18 Å². The van der Waals surface area contributed by atoms with Crippen LogP contribution in [0.5, 0.6) is 0 Å². The summed E-state index contributed by atoms with van der Waals surface area (Å²) >= 11 is 0. The highest BCUT2D eigenvalue weighted by Crippen LogP contribution is 2.32. The normalized spacial score (nSPS) is 27.5. The van der Waals surface area contributed by atoms with E-state index in [4.69, 9.17) is 0 Å². The van der Waals surface area contributed by atoms with Crippen LogP contribution < -0.4 is 0 Å². The van der Waals surface area contributed by atoms with Gasteiger partial charge in [-0.3, -0.25) is 9.69 Å². The summed E-state index contributed by atoms with van der Waals surface area (Å²) in [5.74, 6) is 0.267. The lowest BCUT2D eigenvalue weighted by Crippen LogP contribution is -2.52. The van der Waals surface area contributed by atoms with Crippen molar-refractivity contribution in [3.05, 3.63) is 35.6 Å². The van der Waals surface area contributed by atoms with Gasteiger partial charge in [-0.05, 0) is 37.0 Å². The molecule has 2 atom stereocenters. The largest absolute Gasteiger partial charge is 0.300 e. The Bertz CT molecular complexity index is 458. The van der Waals surface area contributed by atoms with E-state index in [9.17, 15) is 9.18 Å². The van der Waals surface area contributed by atoms with Crippen molar-refractivity contribution in [1.82, 2.24) is 4.90 Å². The average Bonchev–Trinajstić information content (AvgIpc) is 2.36. The number of benzene rings is 1. The SMILES string of the molecule is O=C1CC2CCCC(C1)N2CCc1cccc(F)c1. The molecule has 0 aromatic heterocycles. The van der Waals surface area contributed by atoms with E-state index >= 15 is 0 Å². The molecule has 0 N–H and O–H groups in total. The molecule has 0 amide bonds. The summed E-state index contributed by atoms with van der Waals surface area (Å²) in [5.41, 5.74) is 1.05. The number of hydrogen-bond donors (Lipinski definition) is 0. The molecule has 2 aliphatic heterocycles. The standard InChI is InChI=1S/C16H20FNO/c17-13-4-1-3-12(9-13)7-8-18-14-5-2-6-15(18)11-16(19)10-14/h1,3-4,9,14-15H,2,5-8,10-11H2. The van der Waals surface area contributed by atoms with Crippen LogP contribution in [0, 0.1) is 5.82 Å². The molecule has 0 spiro atoms. The van der Waals surface area contributed by atoms with Crippen LogP contribution in [0.25, 0.3) is 0 Å². The summed E-state index contributed by atoms with van der Waals surface area (Å²) in [6.07, 6.45) is 5.86. The van der Waals surface area contributed by atoms with Gasteiger partial charge in [-0.2, -0.15) is 0 Å². The minimum absolute atomic E-state index is 0.161. The van der Waals surface area contributed by atoms with Crippen molar-refractivity contribution >= 4 is 5.78 Å². The van der Waals surface area contributed by atoms with Gasteiger partial charge in [-0.15, -0.1) is 0 Å². The van der Waals surface area contributed by atoms with Crippen LogP contribution in [0.1, 0.15) is 37.7 Å². The van der Waals surface area contributed by atoms with Crippen LogP contribution in [0.15, 0.2) is 24.3 Å². The Morgan fingerprint density at radius 1 is 1.21 bits per heavy atom. The zero-order valence-corrected chi connectivity index (χ0v) is 11.1. The van der Waals surface area contributed by atoms with Crippen molar-refractivity contribution in [3.8, 4) is 0 Å². The zero-order chi connectivity index (χ0) is 13.2. The topological polar surface area (TPSA) is 20.3 Å². The molecule has 0 saturated carbocycles. The van der Waals surface area contributed by atoms with Crippen molar-refractivity contribution in [2.75, 3.05) is 6.54 Å². The number of halogens is 1. The van der Waals surface area contributed by atoms with E-state index < -0.39 is 0 Å². The molecule has 2 aliphatic rings. The second-order valence-corrected chi connectivity index (χ2v) is 5.80. The van der Waals surface area contributed by atoms with Gasteiger partial charge in [0.1, 0.15) is 11.6 Å². The van der Waals surface area contributed by atoms with E-state index in [0.717, 1.165) is 44.2 Å². The molecule has 2 unspecified atom stereocenters. The smallest absolute Gasteiger partial charge is 0.136 e. The first-order valence-electron chi connectivity index (χ1n) is 7.24. The van der Waals surface area contributed by atoms with Gasteiger partial charge in [0.25, 0.3) is 0 Å². The number of piperidine rings is 2. The lowest BCUT2D eigenvalue weighted by Gasteiger charge is -2.45. The number of Topliss-reactive ketones (excluding diaryl/α,β-unsaturated/α-hetero) is 1. The minimum atomic E-state index is -0.161. The number of carbonyl (C=O) groups is 1. The Labute approximate surface area is 113 Å². The summed E-state index contributed by atoms with van der Waals surface area (Å²) in [5, 5.41) is 0. The summed E-state index contributed by atoms with van der Waals surface area (Å²) in [4.78, 5) is 14.2. The van der Waals surface area contributed by atoms with E-state index in [1.807, 2.05) is 6.07 Å². The van der Waals surface area contributed by atoms with E-state index in [1.165, 1.54) is 12.5 Å². The highest BCUT2D eigenvalue weighted by molar-refractivity contribution is 5.80. The Morgan fingerprint density at radius 2 is 1.95 bits per heavy atom. The molecule has 0 aliphatic carbocycles. The molecule has 0 radical (unpaired) electrons. The molecular weight excluding hydrogens is 241 g/mol.